The summed E-state index contributed by atoms with van der Waals surface area (Å²) in [6.45, 7) is 0.838. The van der Waals surface area contributed by atoms with Gasteiger partial charge in [0.1, 0.15) is 5.75 Å². The highest BCUT2D eigenvalue weighted by atomic mass is 35.5. The molecule has 1 aliphatic rings. The maximum absolute atomic E-state index is 12.5. The third-order valence-corrected chi connectivity index (χ3v) is 5.05. The molecule has 1 aliphatic heterocycles. The number of amides is 3. The highest BCUT2D eigenvalue weighted by molar-refractivity contribution is 6.31. The van der Waals surface area contributed by atoms with Gasteiger partial charge in [-0.2, -0.15) is 0 Å². The highest BCUT2D eigenvalue weighted by Crippen LogP contribution is 2.35. The summed E-state index contributed by atoms with van der Waals surface area (Å²) >= 11 is 6.05. The van der Waals surface area contributed by atoms with E-state index in [1.165, 1.54) is 12.0 Å². The summed E-state index contributed by atoms with van der Waals surface area (Å²) in [5.74, 6) is -0.583. The average Bonchev–Trinajstić information content (AvgIpc) is 3.14. The number of hydrogen-bond acceptors (Lipinski definition) is 5. The number of rotatable bonds is 8. The van der Waals surface area contributed by atoms with E-state index >= 15 is 0 Å². The first-order chi connectivity index (χ1) is 14.5. The fraction of sp³-hybridized carbons (Fsp3) is 0.333. The van der Waals surface area contributed by atoms with Crippen LogP contribution in [0.15, 0.2) is 42.7 Å². The molecule has 0 spiro atoms. The van der Waals surface area contributed by atoms with Gasteiger partial charge in [-0.15, -0.1) is 0 Å². The summed E-state index contributed by atoms with van der Waals surface area (Å²) in [6.07, 6.45) is 3.57. The minimum Gasteiger partial charge on any atom is -0.495 e. The van der Waals surface area contributed by atoms with E-state index in [1.54, 1.807) is 30.6 Å². The van der Waals surface area contributed by atoms with Crippen molar-refractivity contribution < 1.29 is 19.1 Å². The van der Waals surface area contributed by atoms with E-state index in [1.807, 2.05) is 12.1 Å². The van der Waals surface area contributed by atoms with Crippen LogP contribution in [0.3, 0.4) is 0 Å². The average molecular weight is 431 g/mol. The summed E-state index contributed by atoms with van der Waals surface area (Å²) in [6, 6.07) is 8.64. The molecule has 9 heteroatoms. The van der Waals surface area contributed by atoms with E-state index in [0.717, 1.165) is 5.56 Å². The number of halogens is 1. The molecule has 1 atom stereocenters. The number of benzene rings is 1. The highest BCUT2D eigenvalue weighted by Gasteiger charge is 2.36. The van der Waals surface area contributed by atoms with Crippen LogP contribution in [0.4, 0.5) is 5.69 Å². The summed E-state index contributed by atoms with van der Waals surface area (Å²) in [4.78, 5) is 42.3. The number of carbonyl (C=O) groups excluding carboxylic acids is 3. The van der Waals surface area contributed by atoms with Crippen LogP contribution in [-0.4, -0.2) is 42.9 Å². The van der Waals surface area contributed by atoms with Gasteiger partial charge in [-0.05, 0) is 35.9 Å². The minimum atomic E-state index is -0.499. The lowest BCUT2D eigenvalue weighted by Gasteiger charge is -2.19. The first-order valence-electron chi connectivity index (χ1n) is 9.55. The summed E-state index contributed by atoms with van der Waals surface area (Å²) in [5.41, 5.74) is 1.49. The fourth-order valence-corrected chi connectivity index (χ4v) is 3.39. The topological polar surface area (TPSA) is 101 Å². The van der Waals surface area contributed by atoms with Gasteiger partial charge >= 0.3 is 0 Å². The van der Waals surface area contributed by atoms with E-state index < -0.39 is 5.92 Å². The van der Waals surface area contributed by atoms with Crippen molar-refractivity contribution in [3.63, 3.8) is 0 Å². The predicted octanol–water partition coefficient (Wildman–Crippen LogP) is 1.92. The number of ether oxygens (including phenoxy) is 1. The molecule has 1 saturated heterocycles. The van der Waals surface area contributed by atoms with Crippen LogP contribution < -0.4 is 20.3 Å². The lowest BCUT2D eigenvalue weighted by molar-refractivity contribution is -0.126. The molecular formula is C21H23ClN4O4. The van der Waals surface area contributed by atoms with Crippen molar-refractivity contribution in [1.82, 2.24) is 15.6 Å². The Morgan fingerprint density at radius 2 is 2.00 bits per heavy atom. The van der Waals surface area contributed by atoms with Crippen molar-refractivity contribution in [3.05, 3.63) is 53.3 Å². The molecule has 8 nitrogen and oxygen atoms in total. The Labute approximate surface area is 179 Å². The number of hydrogen-bond donors (Lipinski definition) is 2. The molecule has 2 N–H and O–H groups in total. The summed E-state index contributed by atoms with van der Waals surface area (Å²) in [7, 11) is 1.51. The second-order valence-electron chi connectivity index (χ2n) is 6.89. The second kappa shape index (κ2) is 10.1. The first-order valence-corrected chi connectivity index (χ1v) is 9.93. The Morgan fingerprint density at radius 3 is 2.73 bits per heavy atom. The number of carbonyl (C=O) groups is 3. The SMILES string of the molecule is COc1ccc(Cl)cc1N1CC(C(=O)NCCC(=O)NCc2ccncc2)CC1=O. The van der Waals surface area contributed by atoms with E-state index in [-0.39, 0.29) is 43.7 Å². The van der Waals surface area contributed by atoms with Crippen LogP contribution in [-0.2, 0) is 20.9 Å². The smallest absolute Gasteiger partial charge is 0.227 e. The zero-order chi connectivity index (χ0) is 21.5. The summed E-state index contributed by atoms with van der Waals surface area (Å²) in [5, 5.41) is 6.01. The van der Waals surface area contributed by atoms with Gasteiger partial charge in [0.2, 0.25) is 17.7 Å². The number of nitrogens with zero attached hydrogens (tertiary/aromatic N) is 2. The van der Waals surface area contributed by atoms with Crippen LogP contribution in [0.2, 0.25) is 5.02 Å². The predicted molar refractivity (Wildman–Crippen MR) is 112 cm³/mol. The Morgan fingerprint density at radius 1 is 1.23 bits per heavy atom. The van der Waals surface area contributed by atoms with Gasteiger partial charge in [0.25, 0.3) is 0 Å². The number of methoxy groups -OCH3 is 1. The van der Waals surface area contributed by atoms with Crippen molar-refractivity contribution >= 4 is 35.0 Å². The molecule has 1 unspecified atom stereocenters. The minimum absolute atomic E-state index is 0.0930. The van der Waals surface area contributed by atoms with E-state index in [4.69, 9.17) is 16.3 Å². The number of anilines is 1. The maximum atomic E-state index is 12.5. The molecule has 0 radical (unpaired) electrons. The van der Waals surface area contributed by atoms with Crippen LogP contribution in [0.5, 0.6) is 5.75 Å². The van der Waals surface area contributed by atoms with Gasteiger partial charge in [0.05, 0.1) is 18.7 Å². The molecule has 1 aromatic heterocycles. The van der Waals surface area contributed by atoms with Crippen LogP contribution in [0.25, 0.3) is 0 Å². The van der Waals surface area contributed by atoms with Gasteiger partial charge in [-0.25, -0.2) is 0 Å². The van der Waals surface area contributed by atoms with Crippen molar-refractivity contribution in [2.24, 2.45) is 5.92 Å². The van der Waals surface area contributed by atoms with Crippen molar-refractivity contribution in [2.45, 2.75) is 19.4 Å². The number of nitrogens with one attached hydrogen (secondary N) is 2. The summed E-state index contributed by atoms with van der Waals surface area (Å²) < 4.78 is 5.30. The largest absolute Gasteiger partial charge is 0.495 e. The maximum Gasteiger partial charge on any atom is 0.227 e. The molecule has 3 rings (SSSR count). The number of aromatic nitrogens is 1. The van der Waals surface area contributed by atoms with E-state index in [2.05, 4.69) is 15.6 Å². The Bertz CT molecular complexity index is 922. The normalized spacial score (nSPS) is 15.7. The molecule has 1 fully saturated rings. The zero-order valence-electron chi connectivity index (χ0n) is 16.6. The van der Waals surface area contributed by atoms with Crippen molar-refractivity contribution in [3.8, 4) is 5.75 Å². The molecule has 0 bridgehead atoms. The van der Waals surface area contributed by atoms with Crippen molar-refractivity contribution in [1.29, 1.82) is 0 Å². The molecule has 0 aliphatic carbocycles. The van der Waals surface area contributed by atoms with Gasteiger partial charge in [-0.1, -0.05) is 11.6 Å². The molecule has 1 aromatic carbocycles. The second-order valence-corrected chi connectivity index (χ2v) is 7.33. The van der Waals surface area contributed by atoms with Crippen LogP contribution >= 0.6 is 11.6 Å². The standard InChI is InChI=1S/C21H23ClN4O4/c1-30-18-3-2-16(22)11-17(18)26-13-15(10-20(26)28)21(29)24-9-6-19(27)25-12-14-4-7-23-8-5-14/h2-5,7-8,11,15H,6,9-10,12-13H2,1H3,(H,24,29)(H,25,27). The van der Waals surface area contributed by atoms with E-state index in [9.17, 15) is 14.4 Å². The molecule has 0 saturated carbocycles. The lowest BCUT2D eigenvalue weighted by Crippen LogP contribution is -2.35. The third-order valence-electron chi connectivity index (χ3n) is 4.82. The van der Waals surface area contributed by atoms with Gasteiger partial charge in [-0.3, -0.25) is 19.4 Å². The number of pyridine rings is 1. The molecule has 2 aromatic rings. The van der Waals surface area contributed by atoms with Crippen molar-refractivity contribution in [2.75, 3.05) is 25.1 Å². The third kappa shape index (κ3) is 5.48. The van der Waals surface area contributed by atoms with Crippen LogP contribution in [0, 0.1) is 5.92 Å². The Balaban J connectivity index is 1.47. The molecular weight excluding hydrogens is 408 g/mol. The van der Waals surface area contributed by atoms with Crippen LogP contribution in [0.1, 0.15) is 18.4 Å². The van der Waals surface area contributed by atoms with Gasteiger partial charge < -0.3 is 20.3 Å². The van der Waals surface area contributed by atoms with E-state index in [0.29, 0.717) is 23.0 Å². The monoisotopic (exact) mass is 430 g/mol. The molecule has 30 heavy (non-hydrogen) atoms. The Hall–Kier alpha value is -3.13. The molecule has 3 amide bonds. The van der Waals surface area contributed by atoms with Gasteiger partial charge in [0, 0.05) is 49.9 Å². The first kappa shape index (κ1) is 21.6. The lowest BCUT2D eigenvalue weighted by atomic mass is 10.1. The molecule has 2 heterocycles. The quantitative estimate of drug-likeness (QED) is 0.666. The van der Waals surface area contributed by atoms with Gasteiger partial charge in [0.15, 0.2) is 0 Å². The molecule has 158 valence electrons. The Kier molecular flexibility index (Phi) is 7.24. The zero-order valence-corrected chi connectivity index (χ0v) is 17.3. The fourth-order valence-electron chi connectivity index (χ4n) is 3.22.